The number of nitrogens with one attached hydrogen (secondary N) is 1. The van der Waals surface area contributed by atoms with Gasteiger partial charge in [-0.3, -0.25) is 0 Å². The molecule has 1 N–H and O–H groups in total. The number of anilines is 2. The second-order valence-electron chi connectivity index (χ2n) is 4.00. The molecule has 90 valence electrons. The molecule has 17 heavy (non-hydrogen) atoms. The minimum atomic E-state index is 0.353. The van der Waals surface area contributed by atoms with Crippen LogP contribution < -0.4 is 5.32 Å². The summed E-state index contributed by atoms with van der Waals surface area (Å²) in [5.41, 5.74) is 0.842. The number of rotatable bonds is 3. The molecule has 1 heterocycles. The minimum absolute atomic E-state index is 0.353. The summed E-state index contributed by atoms with van der Waals surface area (Å²) < 4.78 is 3.03. The molecule has 0 amide bonds. The standard InChI is InChI=1S/C12H13BrClN3/c1-8(2)17-6-5-15-12(17)16-11-7-9(13)3-4-10(11)14/h3-8H,1-2H3,(H,15,16). The summed E-state index contributed by atoms with van der Waals surface area (Å²) in [6, 6.07) is 6.03. The van der Waals surface area contributed by atoms with Gasteiger partial charge < -0.3 is 9.88 Å². The van der Waals surface area contributed by atoms with Crippen LogP contribution in [0.5, 0.6) is 0 Å². The van der Waals surface area contributed by atoms with Crippen LogP contribution in [0.25, 0.3) is 0 Å². The fourth-order valence-corrected chi connectivity index (χ4v) is 2.07. The Hall–Kier alpha value is -1.000. The summed E-state index contributed by atoms with van der Waals surface area (Å²) >= 11 is 9.55. The number of aromatic nitrogens is 2. The van der Waals surface area contributed by atoms with Gasteiger partial charge in [0.2, 0.25) is 5.95 Å². The van der Waals surface area contributed by atoms with E-state index in [2.05, 4.69) is 44.6 Å². The lowest BCUT2D eigenvalue weighted by Gasteiger charge is -2.13. The van der Waals surface area contributed by atoms with Crippen molar-refractivity contribution in [1.29, 1.82) is 0 Å². The number of nitrogens with zero attached hydrogens (tertiary/aromatic N) is 2. The SMILES string of the molecule is CC(C)n1ccnc1Nc1cc(Br)ccc1Cl. The Bertz CT molecular complexity index is 522. The maximum absolute atomic E-state index is 6.12. The third kappa shape index (κ3) is 2.82. The predicted molar refractivity (Wildman–Crippen MR) is 75.0 cm³/mol. The van der Waals surface area contributed by atoms with E-state index in [1.165, 1.54) is 0 Å². The van der Waals surface area contributed by atoms with Crippen LogP contribution in [-0.4, -0.2) is 9.55 Å². The van der Waals surface area contributed by atoms with E-state index in [4.69, 9.17) is 11.6 Å². The van der Waals surface area contributed by atoms with Gasteiger partial charge in [-0.05, 0) is 32.0 Å². The first-order valence-electron chi connectivity index (χ1n) is 5.33. The molecular formula is C12H13BrClN3. The van der Waals surface area contributed by atoms with Gasteiger partial charge in [0.1, 0.15) is 0 Å². The molecule has 0 spiro atoms. The smallest absolute Gasteiger partial charge is 0.207 e. The van der Waals surface area contributed by atoms with Crippen molar-refractivity contribution in [3.05, 3.63) is 40.1 Å². The third-order valence-corrected chi connectivity index (χ3v) is 3.22. The second-order valence-corrected chi connectivity index (χ2v) is 5.32. The van der Waals surface area contributed by atoms with Crippen LogP contribution in [0.4, 0.5) is 11.6 Å². The van der Waals surface area contributed by atoms with E-state index in [9.17, 15) is 0 Å². The highest BCUT2D eigenvalue weighted by Crippen LogP contribution is 2.28. The highest BCUT2D eigenvalue weighted by Gasteiger charge is 2.08. The molecule has 2 aromatic rings. The van der Waals surface area contributed by atoms with E-state index < -0.39 is 0 Å². The molecule has 0 aliphatic carbocycles. The van der Waals surface area contributed by atoms with Gasteiger partial charge in [0, 0.05) is 22.9 Å². The van der Waals surface area contributed by atoms with Crippen LogP contribution in [0, 0.1) is 0 Å². The molecule has 0 bridgehead atoms. The molecule has 3 nitrogen and oxygen atoms in total. The van der Waals surface area contributed by atoms with Gasteiger partial charge in [-0.15, -0.1) is 0 Å². The molecule has 0 saturated heterocycles. The summed E-state index contributed by atoms with van der Waals surface area (Å²) in [4.78, 5) is 4.28. The van der Waals surface area contributed by atoms with Crippen LogP contribution >= 0.6 is 27.5 Å². The predicted octanol–water partition coefficient (Wildman–Crippen LogP) is 4.62. The van der Waals surface area contributed by atoms with Gasteiger partial charge in [-0.25, -0.2) is 4.98 Å². The Morgan fingerprint density at radius 2 is 2.18 bits per heavy atom. The maximum Gasteiger partial charge on any atom is 0.207 e. The van der Waals surface area contributed by atoms with Crippen LogP contribution in [0.1, 0.15) is 19.9 Å². The Kier molecular flexibility index (Phi) is 3.74. The van der Waals surface area contributed by atoms with Gasteiger partial charge in [-0.2, -0.15) is 0 Å². The number of benzene rings is 1. The average Bonchev–Trinajstić information content (AvgIpc) is 2.71. The lowest BCUT2D eigenvalue weighted by Crippen LogP contribution is -2.05. The normalized spacial score (nSPS) is 10.9. The van der Waals surface area contributed by atoms with E-state index >= 15 is 0 Å². The highest BCUT2D eigenvalue weighted by molar-refractivity contribution is 9.10. The van der Waals surface area contributed by atoms with Gasteiger partial charge in [0.05, 0.1) is 10.7 Å². The molecule has 1 aromatic carbocycles. The minimum Gasteiger partial charge on any atom is -0.324 e. The first-order chi connectivity index (χ1) is 8.08. The molecule has 0 aliphatic rings. The van der Waals surface area contributed by atoms with Crippen LogP contribution in [0.15, 0.2) is 35.1 Å². The molecular weight excluding hydrogens is 302 g/mol. The molecule has 2 rings (SSSR count). The van der Waals surface area contributed by atoms with Gasteiger partial charge in [0.15, 0.2) is 0 Å². The monoisotopic (exact) mass is 313 g/mol. The largest absolute Gasteiger partial charge is 0.324 e. The van der Waals surface area contributed by atoms with Crippen LogP contribution in [0.2, 0.25) is 5.02 Å². The molecule has 0 fully saturated rings. The number of hydrogen-bond acceptors (Lipinski definition) is 2. The maximum atomic E-state index is 6.12. The summed E-state index contributed by atoms with van der Waals surface area (Å²) in [6.45, 7) is 4.21. The lowest BCUT2D eigenvalue weighted by molar-refractivity contribution is 0.608. The molecule has 0 saturated carbocycles. The van der Waals surface area contributed by atoms with Crippen LogP contribution in [-0.2, 0) is 0 Å². The Labute approximate surface area is 114 Å². The average molecular weight is 315 g/mol. The van der Waals surface area contributed by atoms with Crippen molar-refractivity contribution < 1.29 is 0 Å². The molecule has 0 unspecified atom stereocenters. The van der Waals surface area contributed by atoms with E-state index in [0.29, 0.717) is 11.1 Å². The quantitative estimate of drug-likeness (QED) is 0.895. The Morgan fingerprint density at radius 3 is 2.88 bits per heavy atom. The zero-order valence-electron chi connectivity index (χ0n) is 9.61. The summed E-state index contributed by atoms with van der Waals surface area (Å²) in [6.07, 6.45) is 3.72. The first kappa shape index (κ1) is 12.5. The van der Waals surface area contributed by atoms with E-state index in [-0.39, 0.29) is 0 Å². The van der Waals surface area contributed by atoms with E-state index in [1.807, 2.05) is 24.4 Å². The summed E-state index contributed by atoms with van der Waals surface area (Å²) in [7, 11) is 0. The van der Waals surface area contributed by atoms with E-state index in [1.54, 1.807) is 6.20 Å². The Morgan fingerprint density at radius 1 is 1.41 bits per heavy atom. The van der Waals surface area contributed by atoms with Crippen molar-refractivity contribution in [2.45, 2.75) is 19.9 Å². The zero-order valence-corrected chi connectivity index (χ0v) is 12.0. The van der Waals surface area contributed by atoms with Crippen molar-refractivity contribution in [3.63, 3.8) is 0 Å². The Balaban J connectivity index is 2.31. The summed E-state index contributed by atoms with van der Waals surface area (Å²) in [5.74, 6) is 0.792. The zero-order chi connectivity index (χ0) is 12.4. The van der Waals surface area contributed by atoms with E-state index in [0.717, 1.165) is 16.1 Å². The molecule has 5 heteroatoms. The lowest BCUT2D eigenvalue weighted by atomic mass is 10.3. The molecule has 0 aliphatic heterocycles. The van der Waals surface area contributed by atoms with Gasteiger partial charge in [-0.1, -0.05) is 27.5 Å². The third-order valence-electron chi connectivity index (χ3n) is 2.40. The molecule has 1 aromatic heterocycles. The summed E-state index contributed by atoms with van der Waals surface area (Å²) in [5, 5.41) is 3.91. The first-order valence-corrected chi connectivity index (χ1v) is 6.50. The van der Waals surface area contributed by atoms with Gasteiger partial charge in [0.25, 0.3) is 0 Å². The van der Waals surface area contributed by atoms with Gasteiger partial charge >= 0.3 is 0 Å². The molecule has 0 radical (unpaired) electrons. The topological polar surface area (TPSA) is 29.9 Å². The number of hydrogen-bond donors (Lipinski definition) is 1. The molecule has 0 atom stereocenters. The van der Waals surface area contributed by atoms with Crippen molar-refractivity contribution >= 4 is 39.2 Å². The van der Waals surface area contributed by atoms with Crippen molar-refractivity contribution in [2.24, 2.45) is 0 Å². The van der Waals surface area contributed by atoms with Crippen LogP contribution in [0.3, 0.4) is 0 Å². The van der Waals surface area contributed by atoms with Crippen molar-refractivity contribution in [2.75, 3.05) is 5.32 Å². The highest BCUT2D eigenvalue weighted by atomic mass is 79.9. The van der Waals surface area contributed by atoms with Crippen molar-refractivity contribution in [1.82, 2.24) is 9.55 Å². The number of imidazole rings is 1. The second kappa shape index (κ2) is 5.10. The number of halogens is 2. The fourth-order valence-electron chi connectivity index (χ4n) is 1.54. The van der Waals surface area contributed by atoms with Crippen molar-refractivity contribution in [3.8, 4) is 0 Å². The fraction of sp³-hybridized carbons (Fsp3) is 0.250.